The van der Waals surface area contributed by atoms with Crippen LogP contribution in [-0.2, 0) is 0 Å². The quantitative estimate of drug-likeness (QED) is 0.813. The number of hydrogen-bond donors (Lipinski definition) is 1. The molecule has 0 spiro atoms. The van der Waals surface area contributed by atoms with Crippen molar-refractivity contribution in [2.75, 3.05) is 6.54 Å². The van der Waals surface area contributed by atoms with Crippen LogP contribution in [0, 0.1) is 6.92 Å². The second-order valence-corrected chi connectivity index (χ2v) is 5.11. The molecule has 1 N–H and O–H groups in total. The maximum absolute atomic E-state index is 11.9. The first kappa shape index (κ1) is 14.3. The SMILES string of the molecule is CCCC(Cl)CNC(=O)c1ccc(Cl)cc1C. The average molecular weight is 274 g/mol. The summed E-state index contributed by atoms with van der Waals surface area (Å²) < 4.78 is 0. The molecular weight excluding hydrogens is 257 g/mol. The molecule has 0 aliphatic carbocycles. The average Bonchev–Trinajstić information content (AvgIpc) is 2.26. The number of carbonyl (C=O) groups is 1. The van der Waals surface area contributed by atoms with Crippen LogP contribution < -0.4 is 5.32 Å². The lowest BCUT2D eigenvalue weighted by Gasteiger charge is -2.11. The summed E-state index contributed by atoms with van der Waals surface area (Å²) in [6.07, 6.45) is 1.92. The fourth-order valence-corrected chi connectivity index (χ4v) is 2.12. The highest BCUT2D eigenvalue weighted by Gasteiger charge is 2.10. The summed E-state index contributed by atoms with van der Waals surface area (Å²) in [5.41, 5.74) is 1.52. The Balaban J connectivity index is 2.58. The third-order valence-electron chi connectivity index (χ3n) is 2.52. The van der Waals surface area contributed by atoms with Crippen LogP contribution in [0.4, 0.5) is 0 Å². The molecule has 1 rings (SSSR count). The molecule has 1 aromatic rings. The fourth-order valence-electron chi connectivity index (χ4n) is 1.60. The second kappa shape index (κ2) is 6.87. The molecule has 0 aliphatic rings. The molecule has 1 unspecified atom stereocenters. The number of rotatable bonds is 5. The molecule has 0 radical (unpaired) electrons. The number of amides is 1. The smallest absolute Gasteiger partial charge is 0.251 e. The third-order valence-corrected chi connectivity index (χ3v) is 3.13. The Hall–Kier alpha value is -0.730. The molecule has 1 atom stereocenters. The van der Waals surface area contributed by atoms with E-state index in [0.717, 1.165) is 18.4 Å². The van der Waals surface area contributed by atoms with E-state index in [0.29, 0.717) is 17.1 Å². The number of alkyl halides is 1. The number of halogens is 2. The van der Waals surface area contributed by atoms with Gasteiger partial charge in [-0.1, -0.05) is 24.9 Å². The van der Waals surface area contributed by atoms with Crippen molar-refractivity contribution in [3.05, 3.63) is 34.3 Å². The highest BCUT2D eigenvalue weighted by atomic mass is 35.5. The standard InChI is InChI=1S/C13H17Cl2NO/c1-3-4-11(15)8-16-13(17)12-6-5-10(14)7-9(12)2/h5-7,11H,3-4,8H2,1-2H3,(H,16,17). The summed E-state index contributed by atoms with van der Waals surface area (Å²) in [5.74, 6) is -0.0964. The van der Waals surface area contributed by atoms with E-state index in [1.165, 1.54) is 0 Å². The van der Waals surface area contributed by atoms with Gasteiger partial charge in [0.2, 0.25) is 0 Å². The van der Waals surface area contributed by atoms with Gasteiger partial charge in [0.05, 0.1) is 5.38 Å². The second-order valence-electron chi connectivity index (χ2n) is 4.06. The van der Waals surface area contributed by atoms with Gasteiger partial charge in [0.25, 0.3) is 5.91 Å². The molecule has 0 saturated carbocycles. The van der Waals surface area contributed by atoms with Gasteiger partial charge in [-0.15, -0.1) is 11.6 Å². The van der Waals surface area contributed by atoms with Crippen molar-refractivity contribution < 1.29 is 4.79 Å². The summed E-state index contributed by atoms with van der Waals surface area (Å²) >= 11 is 11.9. The van der Waals surface area contributed by atoms with Crippen LogP contribution in [-0.4, -0.2) is 17.8 Å². The van der Waals surface area contributed by atoms with Crippen molar-refractivity contribution in [1.29, 1.82) is 0 Å². The molecular formula is C13H17Cl2NO. The van der Waals surface area contributed by atoms with Gasteiger partial charge in [-0.3, -0.25) is 4.79 Å². The minimum Gasteiger partial charge on any atom is -0.351 e. The first-order chi connectivity index (χ1) is 8.04. The Labute approximate surface area is 112 Å². The molecule has 0 heterocycles. The van der Waals surface area contributed by atoms with Gasteiger partial charge in [0.15, 0.2) is 0 Å². The van der Waals surface area contributed by atoms with Crippen LogP contribution in [0.2, 0.25) is 5.02 Å². The zero-order valence-corrected chi connectivity index (χ0v) is 11.6. The van der Waals surface area contributed by atoms with Gasteiger partial charge in [-0.05, 0) is 37.1 Å². The Kier molecular flexibility index (Phi) is 5.79. The van der Waals surface area contributed by atoms with E-state index < -0.39 is 0 Å². The van der Waals surface area contributed by atoms with Gasteiger partial charge in [-0.2, -0.15) is 0 Å². The lowest BCUT2D eigenvalue weighted by Crippen LogP contribution is -2.30. The van der Waals surface area contributed by atoms with Gasteiger partial charge in [0, 0.05) is 17.1 Å². The molecule has 94 valence electrons. The maximum atomic E-state index is 11.9. The topological polar surface area (TPSA) is 29.1 Å². The van der Waals surface area contributed by atoms with Gasteiger partial charge < -0.3 is 5.32 Å². The third kappa shape index (κ3) is 4.57. The lowest BCUT2D eigenvalue weighted by molar-refractivity contribution is 0.0952. The summed E-state index contributed by atoms with van der Waals surface area (Å²) in [7, 11) is 0. The fraction of sp³-hybridized carbons (Fsp3) is 0.462. The number of aryl methyl sites for hydroxylation is 1. The monoisotopic (exact) mass is 273 g/mol. The van der Waals surface area contributed by atoms with Crippen molar-refractivity contribution in [3.8, 4) is 0 Å². The maximum Gasteiger partial charge on any atom is 0.251 e. The molecule has 0 aromatic heterocycles. The van der Waals surface area contributed by atoms with Crippen molar-refractivity contribution in [1.82, 2.24) is 5.32 Å². The van der Waals surface area contributed by atoms with E-state index in [4.69, 9.17) is 23.2 Å². The minimum atomic E-state index is -0.0964. The summed E-state index contributed by atoms with van der Waals surface area (Å²) in [5, 5.41) is 3.47. The lowest BCUT2D eigenvalue weighted by atomic mass is 10.1. The van der Waals surface area contributed by atoms with Gasteiger partial charge in [0.1, 0.15) is 0 Å². The summed E-state index contributed by atoms with van der Waals surface area (Å²) in [4.78, 5) is 11.9. The van der Waals surface area contributed by atoms with Crippen molar-refractivity contribution >= 4 is 29.1 Å². The van der Waals surface area contributed by atoms with E-state index in [9.17, 15) is 4.79 Å². The van der Waals surface area contributed by atoms with E-state index in [-0.39, 0.29) is 11.3 Å². The van der Waals surface area contributed by atoms with Crippen LogP contribution in [0.5, 0.6) is 0 Å². The number of benzene rings is 1. The Morgan fingerprint density at radius 1 is 1.47 bits per heavy atom. The van der Waals surface area contributed by atoms with Crippen LogP contribution >= 0.6 is 23.2 Å². The Morgan fingerprint density at radius 3 is 2.76 bits per heavy atom. The minimum absolute atomic E-state index is 0.00319. The largest absolute Gasteiger partial charge is 0.351 e. The van der Waals surface area contributed by atoms with E-state index >= 15 is 0 Å². The Bertz CT molecular complexity index is 393. The van der Waals surface area contributed by atoms with Crippen molar-refractivity contribution in [3.63, 3.8) is 0 Å². The van der Waals surface area contributed by atoms with Gasteiger partial charge >= 0.3 is 0 Å². The van der Waals surface area contributed by atoms with Crippen LogP contribution in [0.3, 0.4) is 0 Å². The van der Waals surface area contributed by atoms with E-state index in [2.05, 4.69) is 12.2 Å². The number of nitrogens with one attached hydrogen (secondary N) is 1. The zero-order chi connectivity index (χ0) is 12.8. The molecule has 0 fully saturated rings. The van der Waals surface area contributed by atoms with Crippen molar-refractivity contribution in [2.24, 2.45) is 0 Å². The predicted molar refractivity (Wildman–Crippen MR) is 73.1 cm³/mol. The van der Waals surface area contributed by atoms with Crippen LogP contribution in [0.15, 0.2) is 18.2 Å². The first-order valence-electron chi connectivity index (χ1n) is 5.73. The molecule has 0 aliphatic heterocycles. The first-order valence-corrected chi connectivity index (χ1v) is 6.54. The van der Waals surface area contributed by atoms with Crippen LogP contribution in [0.25, 0.3) is 0 Å². The van der Waals surface area contributed by atoms with Crippen molar-refractivity contribution in [2.45, 2.75) is 32.1 Å². The highest BCUT2D eigenvalue weighted by molar-refractivity contribution is 6.30. The molecule has 0 bridgehead atoms. The molecule has 1 amide bonds. The van der Waals surface area contributed by atoms with Crippen LogP contribution in [0.1, 0.15) is 35.7 Å². The molecule has 4 heteroatoms. The molecule has 0 saturated heterocycles. The molecule has 1 aromatic carbocycles. The van der Waals surface area contributed by atoms with Gasteiger partial charge in [-0.25, -0.2) is 0 Å². The number of carbonyl (C=O) groups excluding carboxylic acids is 1. The summed E-state index contributed by atoms with van der Waals surface area (Å²) in [6, 6.07) is 5.23. The highest BCUT2D eigenvalue weighted by Crippen LogP contribution is 2.15. The summed E-state index contributed by atoms with van der Waals surface area (Å²) in [6.45, 7) is 4.43. The van der Waals surface area contributed by atoms with E-state index in [1.54, 1.807) is 18.2 Å². The number of hydrogen-bond acceptors (Lipinski definition) is 1. The molecule has 17 heavy (non-hydrogen) atoms. The Morgan fingerprint density at radius 2 is 2.18 bits per heavy atom. The predicted octanol–water partition coefficient (Wildman–Crippen LogP) is 3.79. The normalized spacial score (nSPS) is 12.2. The molecule has 2 nitrogen and oxygen atoms in total. The van der Waals surface area contributed by atoms with E-state index in [1.807, 2.05) is 6.92 Å². The zero-order valence-electron chi connectivity index (χ0n) is 10.1.